The molecule has 1 amide bonds. The largest absolute Gasteiger partial charge is 0.481 e. The fourth-order valence-corrected chi connectivity index (χ4v) is 3.46. The van der Waals surface area contributed by atoms with Crippen molar-refractivity contribution in [3.05, 3.63) is 82.9 Å². The molecule has 144 valence electrons. The summed E-state index contributed by atoms with van der Waals surface area (Å²) in [6.07, 6.45) is 1.84. The number of carbonyl (C=O) groups excluding carboxylic acids is 1. The van der Waals surface area contributed by atoms with Crippen LogP contribution in [0, 0.1) is 0 Å². The Balaban J connectivity index is 1.33. The van der Waals surface area contributed by atoms with E-state index in [1.165, 1.54) is 11.1 Å². The Labute approximate surface area is 164 Å². The van der Waals surface area contributed by atoms with E-state index >= 15 is 0 Å². The summed E-state index contributed by atoms with van der Waals surface area (Å²) in [5.41, 5.74) is 4.74. The lowest BCUT2D eigenvalue weighted by molar-refractivity contribution is -0.120. The maximum absolute atomic E-state index is 12.0. The Hall–Kier alpha value is -3.12. The molecule has 3 aromatic rings. The van der Waals surface area contributed by atoms with Crippen molar-refractivity contribution >= 4 is 5.91 Å². The monoisotopic (exact) mass is 377 g/mol. The number of ether oxygens (including phenoxy) is 1. The molecule has 6 heteroatoms. The van der Waals surface area contributed by atoms with Crippen LogP contribution >= 0.6 is 0 Å². The van der Waals surface area contributed by atoms with Crippen LogP contribution in [0.3, 0.4) is 0 Å². The lowest BCUT2D eigenvalue weighted by Gasteiger charge is -2.14. The molecule has 0 aliphatic carbocycles. The highest BCUT2D eigenvalue weighted by Gasteiger charge is 2.20. The molecule has 1 aromatic carbocycles. The Bertz CT molecular complexity index is 953. The van der Waals surface area contributed by atoms with Crippen LogP contribution in [0.2, 0.25) is 0 Å². The summed E-state index contributed by atoms with van der Waals surface area (Å²) in [5.74, 6) is 1.27. The molecule has 28 heavy (non-hydrogen) atoms. The third kappa shape index (κ3) is 4.40. The number of fused-ring (bicyclic) bond motifs is 1. The van der Waals surface area contributed by atoms with Crippen molar-refractivity contribution in [3.63, 3.8) is 0 Å². The summed E-state index contributed by atoms with van der Waals surface area (Å²) in [7, 11) is 1.63. The highest BCUT2D eigenvalue weighted by Crippen LogP contribution is 2.25. The molecule has 0 radical (unpaired) electrons. The summed E-state index contributed by atoms with van der Waals surface area (Å²) in [4.78, 5) is 18.9. The van der Waals surface area contributed by atoms with Crippen molar-refractivity contribution < 1.29 is 13.9 Å². The third-order valence-corrected chi connectivity index (χ3v) is 4.84. The molecule has 0 bridgehead atoms. The number of carbonyl (C=O) groups is 1. The summed E-state index contributed by atoms with van der Waals surface area (Å²) in [5, 5.41) is 2.96. The lowest BCUT2D eigenvalue weighted by Crippen LogP contribution is -2.24. The van der Waals surface area contributed by atoms with Crippen LogP contribution in [-0.4, -0.2) is 22.9 Å². The van der Waals surface area contributed by atoms with Gasteiger partial charge in [0.15, 0.2) is 0 Å². The van der Waals surface area contributed by atoms with Gasteiger partial charge in [-0.25, -0.2) is 4.98 Å². The van der Waals surface area contributed by atoms with Gasteiger partial charge in [-0.1, -0.05) is 24.3 Å². The number of methoxy groups -OCH3 is 1. The Kier molecular flexibility index (Phi) is 5.39. The van der Waals surface area contributed by atoms with Gasteiger partial charge in [0.05, 0.1) is 25.5 Å². The predicted molar refractivity (Wildman–Crippen MR) is 104 cm³/mol. The molecule has 1 N–H and O–H groups in total. The first-order chi connectivity index (χ1) is 13.7. The van der Waals surface area contributed by atoms with Gasteiger partial charge in [0.2, 0.25) is 11.8 Å². The molecule has 4 rings (SSSR count). The van der Waals surface area contributed by atoms with Crippen molar-refractivity contribution in [3.8, 4) is 5.88 Å². The lowest BCUT2D eigenvalue weighted by atomic mass is 10.1. The normalized spacial score (nSPS) is 13.3. The molecule has 0 saturated heterocycles. The second-order valence-electron chi connectivity index (χ2n) is 6.95. The van der Waals surface area contributed by atoms with Crippen LogP contribution in [0.15, 0.2) is 59.2 Å². The smallest absolute Gasteiger partial charge is 0.227 e. The Morgan fingerprint density at radius 3 is 2.89 bits per heavy atom. The molecule has 1 aliphatic heterocycles. The molecule has 0 atom stereocenters. The first-order valence-electron chi connectivity index (χ1n) is 9.31. The van der Waals surface area contributed by atoms with E-state index in [1.54, 1.807) is 25.5 Å². The number of benzene rings is 1. The van der Waals surface area contributed by atoms with Crippen molar-refractivity contribution in [2.24, 2.45) is 0 Å². The number of pyridine rings is 1. The van der Waals surface area contributed by atoms with Gasteiger partial charge in [-0.05, 0) is 34.9 Å². The van der Waals surface area contributed by atoms with E-state index in [4.69, 9.17) is 9.15 Å². The van der Waals surface area contributed by atoms with Crippen LogP contribution < -0.4 is 10.1 Å². The molecule has 1 aliphatic rings. The zero-order chi connectivity index (χ0) is 19.3. The second kappa shape index (κ2) is 8.27. The van der Waals surface area contributed by atoms with Crippen LogP contribution in [0.4, 0.5) is 0 Å². The summed E-state index contributed by atoms with van der Waals surface area (Å²) in [6.45, 7) is 3.08. The van der Waals surface area contributed by atoms with Crippen LogP contribution in [0.1, 0.15) is 28.1 Å². The Morgan fingerprint density at radius 2 is 2.07 bits per heavy atom. The zero-order valence-corrected chi connectivity index (χ0v) is 15.9. The van der Waals surface area contributed by atoms with E-state index in [-0.39, 0.29) is 12.3 Å². The van der Waals surface area contributed by atoms with Gasteiger partial charge in [0.25, 0.3) is 0 Å². The predicted octanol–water partition coefficient (Wildman–Crippen LogP) is 3.06. The molecule has 0 saturated carbocycles. The standard InChI is InChI=1S/C22H23N3O3/c1-27-22-6-2-4-19(24-22)15-25-13-17-8-7-16(10-18(17)14-25)12-23-21(26)11-20-5-3-9-28-20/h2-10H,11-15H2,1H3,(H,23,26). The first kappa shape index (κ1) is 18.3. The summed E-state index contributed by atoms with van der Waals surface area (Å²) >= 11 is 0. The average molecular weight is 377 g/mol. The minimum atomic E-state index is -0.0406. The molecule has 0 spiro atoms. The molecule has 3 heterocycles. The topological polar surface area (TPSA) is 67.6 Å². The van der Waals surface area contributed by atoms with E-state index in [0.29, 0.717) is 18.2 Å². The first-order valence-corrected chi connectivity index (χ1v) is 9.31. The number of furan rings is 1. The maximum Gasteiger partial charge on any atom is 0.227 e. The quantitative estimate of drug-likeness (QED) is 0.685. The van der Waals surface area contributed by atoms with Gasteiger partial charge >= 0.3 is 0 Å². The average Bonchev–Trinajstić information content (AvgIpc) is 3.35. The number of amides is 1. The van der Waals surface area contributed by atoms with Gasteiger partial charge in [0.1, 0.15) is 5.76 Å². The minimum Gasteiger partial charge on any atom is -0.481 e. The SMILES string of the molecule is COc1cccc(CN2Cc3ccc(CNC(=O)Cc4ccco4)cc3C2)n1. The van der Waals surface area contributed by atoms with Gasteiger partial charge < -0.3 is 14.5 Å². The van der Waals surface area contributed by atoms with Gasteiger partial charge in [-0.15, -0.1) is 0 Å². The van der Waals surface area contributed by atoms with Crippen LogP contribution in [0.5, 0.6) is 5.88 Å². The number of hydrogen-bond donors (Lipinski definition) is 1. The fourth-order valence-electron chi connectivity index (χ4n) is 3.46. The number of nitrogens with zero attached hydrogens (tertiary/aromatic N) is 2. The van der Waals surface area contributed by atoms with E-state index in [9.17, 15) is 4.79 Å². The highest BCUT2D eigenvalue weighted by atomic mass is 16.5. The Morgan fingerprint density at radius 1 is 1.18 bits per heavy atom. The minimum absolute atomic E-state index is 0.0406. The summed E-state index contributed by atoms with van der Waals surface area (Å²) < 4.78 is 10.4. The van der Waals surface area contributed by atoms with Gasteiger partial charge in [0, 0.05) is 32.2 Å². The van der Waals surface area contributed by atoms with E-state index < -0.39 is 0 Å². The molecule has 0 fully saturated rings. The van der Waals surface area contributed by atoms with E-state index in [0.717, 1.165) is 30.9 Å². The maximum atomic E-state index is 12.0. The molecule has 6 nitrogen and oxygen atoms in total. The molecular formula is C22H23N3O3. The van der Waals surface area contributed by atoms with Gasteiger partial charge in [-0.2, -0.15) is 0 Å². The van der Waals surface area contributed by atoms with Crippen molar-refractivity contribution in [1.82, 2.24) is 15.2 Å². The van der Waals surface area contributed by atoms with E-state index in [2.05, 4.69) is 33.4 Å². The molecule has 2 aromatic heterocycles. The fraction of sp³-hybridized carbons (Fsp3) is 0.273. The number of aromatic nitrogens is 1. The number of rotatable bonds is 7. The van der Waals surface area contributed by atoms with Crippen LogP contribution in [0.25, 0.3) is 0 Å². The molecular weight excluding hydrogens is 354 g/mol. The summed E-state index contributed by atoms with van der Waals surface area (Å²) in [6, 6.07) is 15.9. The van der Waals surface area contributed by atoms with Crippen molar-refractivity contribution in [2.45, 2.75) is 32.6 Å². The van der Waals surface area contributed by atoms with Crippen molar-refractivity contribution in [1.29, 1.82) is 0 Å². The van der Waals surface area contributed by atoms with Gasteiger partial charge in [-0.3, -0.25) is 9.69 Å². The highest BCUT2D eigenvalue weighted by molar-refractivity contribution is 5.77. The van der Waals surface area contributed by atoms with Crippen LogP contribution in [-0.2, 0) is 37.4 Å². The third-order valence-electron chi connectivity index (χ3n) is 4.84. The number of nitrogens with one attached hydrogen (secondary N) is 1. The number of hydrogen-bond acceptors (Lipinski definition) is 5. The zero-order valence-electron chi connectivity index (χ0n) is 15.9. The second-order valence-corrected chi connectivity index (χ2v) is 6.95. The van der Waals surface area contributed by atoms with E-state index in [1.807, 2.05) is 18.2 Å². The molecule has 0 unspecified atom stereocenters. The van der Waals surface area contributed by atoms with Crippen molar-refractivity contribution in [2.75, 3.05) is 7.11 Å².